The molecule has 21 heavy (non-hydrogen) atoms. The third-order valence-electron chi connectivity index (χ3n) is 5.14. The number of nitrogens with zero attached hydrogens (tertiary/aromatic N) is 2. The highest BCUT2D eigenvalue weighted by molar-refractivity contribution is 5.85. The Labute approximate surface area is 126 Å². The summed E-state index contributed by atoms with van der Waals surface area (Å²) in [4.78, 5) is 9.11. The minimum atomic E-state index is 0.487. The second-order valence-electron chi connectivity index (χ2n) is 6.47. The SMILES string of the molecule is CCCCN1CCCN2CCc3c([nH]c4ccccc34)C12. The third kappa shape index (κ3) is 2.19. The number of aromatic nitrogens is 1. The number of hydrogen-bond donors (Lipinski definition) is 1. The average Bonchev–Trinajstić information content (AvgIpc) is 2.91. The van der Waals surface area contributed by atoms with Gasteiger partial charge in [-0.05, 0) is 37.4 Å². The van der Waals surface area contributed by atoms with Gasteiger partial charge in [-0.2, -0.15) is 0 Å². The van der Waals surface area contributed by atoms with Crippen molar-refractivity contribution >= 4 is 10.9 Å². The number of benzene rings is 1. The molecule has 2 aliphatic rings. The maximum Gasteiger partial charge on any atom is 0.104 e. The minimum absolute atomic E-state index is 0.487. The van der Waals surface area contributed by atoms with Gasteiger partial charge >= 0.3 is 0 Å². The van der Waals surface area contributed by atoms with Gasteiger partial charge in [-0.15, -0.1) is 0 Å². The monoisotopic (exact) mass is 283 g/mol. The van der Waals surface area contributed by atoms with Crippen molar-refractivity contribution < 1.29 is 0 Å². The molecule has 0 aliphatic carbocycles. The minimum Gasteiger partial charge on any atom is -0.356 e. The van der Waals surface area contributed by atoms with E-state index in [1.165, 1.54) is 68.5 Å². The van der Waals surface area contributed by atoms with Crippen molar-refractivity contribution in [1.82, 2.24) is 14.8 Å². The van der Waals surface area contributed by atoms with E-state index in [0.717, 1.165) is 0 Å². The summed E-state index contributed by atoms with van der Waals surface area (Å²) in [5.74, 6) is 0. The molecule has 3 heteroatoms. The molecule has 0 radical (unpaired) electrons. The number of para-hydroxylation sites is 1. The van der Waals surface area contributed by atoms with Gasteiger partial charge < -0.3 is 4.98 Å². The maximum atomic E-state index is 3.74. The molecule has 112 valence electrons. The van der Waals surface area contributed by atoms with Gasteiger partial charge in [-0.1, -0.05) is 31.5 Å². The molecule has 0 bridgehead atoms. The normalized spacial score (nSPS) is 23.2. The van der Waals surface area contributed by atoms with Crippen LogP contribution in [0.3, 0.4) is 0 Å². The van der Waals surface area contributed by atoms with Crippen LogP contribution in [0.4, 0.5) is 0 Å². The van der Waals surface area contributed by atoms with Crippen molar-refractivity contribution in [1.29, 1.82) is 0 Å². The topological polar surface area (TPSA) is 22.3 Å². The van der Waals surface area contributed by atoms with E-state index in [4.69, 9.17) is 0 Å². The number of hydrogen-bond acceptors (Lipinski definition) is 2. The number of unbranched alkanes of at least 4 members (excludes halogenated alkanes) is 1. The van der Waals surface area contributed by atoms with E-state index in [1.54, 1.807) is 5.56 Å². The van der Waals surface area contributed by atoms with E-state index in [-0.39, 0.29) is 0 Å². The molecule has 1 fully saturated rings. The first kappa shape index (κ1) is 13.4. The fourth-order valence-corrected chi connectivity index (χ4v) is 4.11. The number of nitrogens with one attached hydrogen (secondary N) is 1. The number of aromatic amines is 1. The van der Waals surface area contributed by atoms with Crippen molar-refractivity contribution in [2.24, 2.45) is 0 Å². The predicted octanol–water partition coefficient (Wildman–Crippen LogP) is 3.53. The van der Waals surface area contributed by atoms with Crippen LogP contribution in [0, 0.1) is 0 Å². The Balaban J connectivity index is 1.75. The molecule has 3 nitrogen and oxygen atoms in total. The lowest BCUT2D eigenvalue weighted by Gasteiger charge is -2.46. The lowest BCUT2D eigenvalue weighted by molar-refractivity contribution is -0.00741. The van der Waals surface area contributed by atoms with Crippen LogP contribution in [0.15, 0.2) is 24.3 Å². The Hall–Kier alpha value is -1.32. The highest BCUT2D eigenvalue weighted by Gasteiger charge is 2.36. The molecule has 1 aromatic heterocycles. The summed E-state index contributed by atoms with van der Waals surface area (Å²) in [6, 6.07) is 8.80. The van der Waals surface area contributed by atoms with Crippen molar-refractivity contribution in [3.05, 3.63) is 35.5 Å². The second-order valence-corrected chi connectivity index (χ2v) is 6.47. The van der Waals surface area contributed by atoms with Crippen LogP contribution in [0.25, 0.3) is 10.9 Å². The summed E-state index contributed by atoms with van der Waals surface area (Å²) >= 11 is 0. The van der Waals surface area contributed by atoms with Gasteiger partial charge in [0.25, 0.3) is 0 Å². The molecular formula is C18H25N3. The Kier molecular flexibility index (Phi) is 3.48. The third-order valence-corrected chi connectivity index (χ3v) is 5.14. The first-order valence-electron chi connectivity index (χ1n) is 8.46. The van der Waals surface area contributed by atoms with Crippen LogP contribution >= 0.6 is 0 Å². The summed E-state index contributed by atoms with van der Waals surface area (Å²) in [6.45, 7) is 7.23. The summed E-state index contributed by atoms with van der Waals surface area (Å²) in [5.41, 5.74) is 4.35. The van der Waals surface area contributed by atoms with E-state index in [2.05, 4.69) is 46.0 Å². The standard InChI is InChI=1S/C18H25N3/c1-2-3-10-20-11-6-12-21-13-9-15-14-7-4-5-8-16(14)19-17(15)18(20)21/h4-5,7-8,18-19H,2-3,6,9-13H2,1H3. The molecule has 2 aromatic rings. The van der Waals surface area contributed by atoms with E-state index in [0.29, 0.717) is 6.17 Å². The van der Waals surface area contributed by atoms with Gasteiger partial charge in [0.1, 0.15) is 6.17 Å². The Morgan fingerprint density at radius 2 is 2.10 bits per heavy atom. The maximum absolute atomic E-state index is 3.74. The molecular weight excluding hydrogens is 258 g/mol. The first-order valence-corrected chi connectivity index (χ1v) is 8.46. The van der Waals surface area contributed by atoms with Crippen LogP contribution in [0.1, 0.15) is 43.6 Å². The van der Waals surface area contributed by atoms with Crippen LogP contribution in [0.5, 0.6) is 0 Å². The van der Waals surface area contributed by atoms with Gasteiger partial charge in [0.05, 0.1) is 5.69 Å². The summed E-state index contributed by atoms with van der Waals surface area (Å²) in [5, 5.41) is 1.44. The molecule has 4 rings (SSSR count). The second kappa shape index (κ2) is 5.47. The van der Waals surface area contributed by atoms with Crippen LogP contribution in [-0.4, -0.2) is 41.0 Å². The summed E-state index contributed by atoms with van der Waals surface area (Å²) < 4.78 is 0. The quantitative estimate of drug-likeness (QED) is 0.931. The number of H-pyrrole nitrogens is 1. The zero-order valence-corrected chi connectivity index (χ0v) is 12.9. The summed E-state index contributed by atoms with van der Waals surface area (Å²) in [6.07, 6.45) is 5.58. The van der Waals surface area contributed by atoms with Crippen LogP contribution < -0.4 is 0 Å². The van der Waals surface area contributed by atoms with Crippen molar-refractivity contribution in [3.63, 3.8) is 0 Å². The van der Waals surface area contributed by atoms with Gasteiger partial charge in [0, 0.05) is 30.5 Å². The first-order chi connectivity index (χ1) is 10.4. The predicted molar refractivity (Wildman–Crippen MR) is 87.4 cm³/mol. The highest BCUT2D eigenvalue weighted by atomic mass is 15.4. The molecule has 0 spiro atoms. The molecule has 3 heterocycles. The zero-order chi connectivity index (χ0) is 14.2. The number of fused-ring (bicyclic) bond motifs is 5. The Morgan fingerprint density at radius 3 is 3.00 bits per heavy atom. The van der Waals surface area contributed by atoms with Gasteiger partial charge in [-0.25, -0.2) is 0 Å². The summed E-state index contributed by atoms with van der Waals surface area (Å²) in [7, 11) is 0. The van der Waals surface area contributed by atoms with E-state index < -0.39 is 0 Å². The molecule has 1 N–H and O–H groups in total. The van der Waals surface area contributed by atoms with Gasteiger partial charge in [0.2, 0.25) is 0 Å². The van der Waals surface area contributed by atoms with E-state index >= 15 is 0 Å². The van der Waals surface area contributed by atoms with E-state index in [9.17, 15) is 0 Å². The molecule has 0 amide bonds. The largest absolute Gasteiger partial charge is 0.356 e. The Morgan fingerprint density at radius 1 is 1.19 bits per heavy atom. The van der Waals surface area contributed by atoms with Crippen molar-refractivity contribution in [2.45, 2.75) is 38.8 Å². The number of rotatable bonds is 3. The molecule has 2 aliphatic heterocycles. The zero-order valence-electron chi connectivity index (χ0n) is 12.9. The molecule has 1 saturated heterocycles. The Bertz CT molecular complexity index is 630. The molecule has 1 aromatic carbocycles. The van der Waals surface area contributed by atoms with Gasteiger partial charge in [-0.3, -0.25) is 9.80 Å². The molecule has 1 atom stereocenters. The van der Waals surface area contributed by atoms with Crippen molar-refractivity contribution in [3.8, 4) is 0 Å². The van der Waals surface area contributed by atoms with Crippen molar-refractivity contribution in [2.75, 3.05) is 26.2 Å². The molecule has 0 saturated carbocycles. The fourth-order valence-electron chi connectivity index (χ4n) is 4.11. The highest BCUT2D eigenvalue weighted by Crippen LogP contribution is 2.38. The fraction of sp³-hybridized carbons (Fsp3) is 0.556. The van der Waals surface area contributed by atoms with E-state index in [1.807, 2.05) is 0 Å². The van der Waals surface area contributed by atoms with Crippen LogP contribution in [0.2, 0.25) is 0 Å². The van der Waals surface area contributed by atoms with Gasteiger partial charge in [0.15, 0.2) is 0 Å². The lowest BCUT2D eigenvalue weighted by Crippen LogP contribution is -2.50. The average molecular weight is 283 g/mol. The van der Waals surface area contributed by atoms with Crippen LogP contribution in [-0.2, 0) is 6.42 Å². The molecule has 1 unspecified atom stereocenters. The lowest BCUT2D eigenvalue weighted by atomic mass is 9.98. The smallest absolute Gasteiger partial charge is 0.104 e.